The van der Waals surface area contributed by atoms with Gasteiger partial charge in [-0.1, -0.05) is 28.9 Å². The molecule has 94 valence electrons. The summed E-state index contributed by atoms with van der Waals surface area (Å²) in [5.74, 6) is 0.353. The molecule has 1 atom stereocenters. The maximum atomic E-state index is 10.8. The zero-order chi connectivity index (χ0) is 12.8. The lowest BCUT2D eigenvalue weighted by Gasteiger charge is -2.09. The van der Waals surface area contributed by atoms with Crippen molar-refractivity contribution in [1.82, 2.24) is 0 Å². The van der Waals surface area contributed by atoms with Gasteiger partial charge in [-0.15, -0.1) is 0 Å². The Hall–Kier alpha value is -1.10. The molecule has 0 aliphatic carbocycles. The highest BCUT2D eigenvalue weighted by atomic mass is 79.9. The fraction of sp³-hybridized carbons (Fsp3) is 0.500. The maximum absolute atomic E-state index is 10.8. The molecule has 0 radical (unpaired) electrons. The molecule has 0 N–H and O–H groups in total. The average Bonchev–Trinajstić information content (AvgIpc) is 2.29. The molecule has 0 fully saturated rings. The van der Waals surface area contributed by atoms with Crippen LogP contribution in [0.25, 0.3) is 0 Å². The first-order valence-corrected chi connectivity index (χ1v) is 6.54. The molecule has 0 spiro atoms. The van der Waals surface area contributed by atoms with Gasteiger partial charge in [0.05, 0.1) is 11.5 Å². The molecular weight excluding hydrogens is 286 g/mol. The monoisotopic (exact) mass is 301 g/mol. The van der Waals surface area contributed by atoms with Crippen molar-refractivity contribution >= 4 is 21.6 Å². The highest BCUT2D eigenvalue weighted by Gasteiger charge is 2.16. The molecule has 5 heteroatoms. The molecule has 0 amide bonds. The van der Waals surface area contributed by atoms with Gasteiger partial charge >= 0.3 is 5.69 Å². The van der Waals surface area contributed by atoms with Crippen LogP contribution in [0, 0.1) is 10.1 Å². The Morgan fingerprint density at radius 2 is 2.18 bits per heavy atom. The first-order valence-electron chi connectivity index (χ1n) is 5.62. The minimum absolute atomic E-state index is 0.0261. The Balaban J connectivity index is 2.96. The first-order chi connectivity index (χ1) is 8.08. The summed E-state index contributed by atoms with van der Waals surface area (Å²) in [6.07, 6.45) is 1.86. The molecule has 0 aliphatic rings. The van der Waals surface area contributed by atoms with Gasteiger partial charge in [0.15, 0.2) is 5.75 Å². The van der Waals surface area contributed by atoms with Crippen LogP contribution in [-0.4, -0.2) is 16.4 Å². The zero-order valence-electron chi connectivity index (χ0n) is 9.98. The third-order valence-corrected chi connectivity index (χ3v) is 3.39. The Kier molecular flexibility index (Phi) is 5.41. The second-order valence-corrected chi connectivity index (χ2v) is 5.00. The van der Waals surface area contributed by atoms with Crippen molar-refractivity contribution in [3.8, 4) is 5.75 Å². The Morgan fingerprint density at radius 3 is 2.71 bits per heavy atom. The number of hydrogen-bond acceptors (Lipinski definition) is 3. The molecule has 0 bridgehead atoms. The number of hydrogen-bond donors (Lipinski definition) is 0. The van der Waals surface area contributed by atoms with E-state index < -0.39 is 4.92 Å². The molecule has 0 heterocycles. The van der Waals surface area contributed by atoms with Crippen LogP contribution in [0.5, 0.6) is 5.75 Å². The summed E-state index contributed by atoms with van der Waals surface area (Å²) in [5, 5.41) is 10.8. The van der Waals surface area contributed by atoms with Crippen molar-refractivity contribution in [3.63, 3.8) is 0 Å². The third kappa shape index (κ3) is 4.00. The molecule has 0 saturated heterocycles. The van der Waals surface area contributed by atoms with Crippen LogP contribution in [0.4, 0.5) is 5.69 Å². The van der Waals surface area contributed by atoms with E-state index in [4.69, 9.17) is 4.74 Å². The number of nitrogens with zero attached hydrogens (tertiary/aromatic N) is 1. The predicted octanol–water partition coefficient (Wildman–Crippen LogP) is 3.71. The van der Waals surface area contributed by atoms with E-state index in [-0.39, 0.29) is 5.69 Å². The summed E-state index contributed by atoms with van der Waals surface area (Å²) in [6, 6.07) is 5.05. The number of alkyl halides is 1. The van der Waals surface area contributed by atoms with Crippen LogP contribution in [0.15, 0.2) is 18.2 Å². The number of nitro groups is 1. The Bertz CT molecular complexity index is 395. The lowest BCUT2D eigenvalue weighted by molar-refractivity contribution is -0.385. The number of rotatable bonds is 6. The summed E-state index contributed by atoms with van der Waals surface area (Å²) < 4.78 is 5.30. The van der Waals surface area contributed by atoms with E-state index in [1.54, 1.807) is 12.1 Å². The minimum atomic E-state index is -0.416. The van der Waals surface area contributed by atoms with Gasteiger partial charge < -0.3 is 4.74 Å². The van der Waals surface area contributed by atoms with Gasteiger partial charge in [0, 0.05) is 10.9 Å². The molecule has 1 unspecified atom stereocenters. The molecule has 1 aromatic carbocycles. The zero-order valence-corrected chi connectivity index (χ0v) is 11.6. The van der Waals surface area contributed by atoms with Crippen LogP contribution in [-0.2, 0) is 6.42 Å². The van der Waals surface area contributed by atoms with Crippen molar-refractivity contribution in [1.29, 1.82) is 0 Å². The minimum Gasteiger partial charge on any atom is -0.487 e. The second-order valence-electron chi connectivity index (χ2n) is 3.70. The van der Waals surface area contributed by atoms with Crippen molar-refractivity contribution in [2.75, 3.05) is 6.61 Å². The van der Waals surface area contributed by atoms with E-state index in [2.05, 4.69) is 22.9 Å². The largest absolute Gasteiger partial charge is 0.487 e. The molecular formula is C12H16BrNO3. The van der Waals surface area contributed by atoms with E-state index in [1.807, 2.05) is 6.92 Å². The molecule has 4 nitrogen and oxygen atoms in total. The van der Waals surface area contributed by atoms with Gasteiger partial charge in [0.25, 0.3) is 0 Å². The molecule has 1 aromatic rings. The predicted molar refractivity (Wildman–Crippen MR) is 71.0 cm³/mol. The number of halogens is 1. The molecule has 0 aliphatic heterocycles. The third-order valence-electron chi connectivity index (χ3n) is 2.42. The van der Waals surface area contributed by atoms with Crippen LogP contribution in [0.3, 0.4) is 0 Å². The second kappa shape index (κ2) is 6.59. The smallest absolute Gasteiger partial charge is 0.310 e. The normalized spacial score (nSPS) is 12.2. The maximum Gasteiger partial charge on any atom is 0.310 e. The van der Waals surface area contributed by atoms with Gasteiger partial charge in [-0.2, -0.15) is 0 Å². The standard InChI is InChI=1S/C12H16BrNO3/c1-3-10(13)7-9-5-6-11(14(15)16)12(8-9)17-4-2/h5-6,8,10H,3-4,7H2,1-2H3. The number of ether oxygens (including phenoxy) is 1. The lowest BCUT2D eigenvalue weighted by Crippen LogP contribution is -2.03. The summed E-state index contributed by atoms with van der Waals surface area (Å²) in [7, 11) is 0. The van der Waals surface area contributed by atoms with Gasteiger partial charge in [0.1, 0.15) is 0 Å². The van der Waals surface area contributed by atoms with Crippen molar-refractivity contribution in [2.24, 2.45) is 0 Å². The summed E-state index contributed by atoms with van der Waals surface area (Å²) in [4.78, 5) is 10.8. The van der Waals surface area contributed by atoms with Crippen molar-refractivity contribution in [2.45, 2.75) is 31.5 Å². The van der Waals surface area contributed by atoms with Gasteiger partial charge in [-0.25, -0.2) is 0 Å². The average molecular weight is 302 g/mol. The van der Waals surface area contributed by atoms with Crippen LogP contribution in [0.1, 0.15) is 25.8 Å². The van der Waals surface area contributed by atoms with Gasteiger partial charge in [-0.05, 0) is 31.4 Å². The lowest BCUT2D eigenvalue weighted by atomic mass is 10.1. The fourth-order valence-electron chi connectivity index (χ4n) is 1.51. The fourth-order valence-corrected chi connectivity index (χ4v) is 1.88. The van der Waals surface area contributed by atoms with Crippen LogP contribution in [0.2, 0.25) is 0 Å². The van der Waals surface area contributed by atoms with E-state index in [9.17, 15) is 10.1 Å². The highest BCUT2D eigenvalue weighted by Crippen LogP contribution is 2.29. The van der Waals surface area contributed by atoms with Crippen LogP contribution < -0.4 is 4.74 Å². The SMILES string of the molecule is CCOc1cc(CC(Br)CC)ccc1[N+](=O)[O-]. The molecule has 0 saturated carbocycles. The van der Waals surface area contributed by atoms with E-state index in [1.165, 1.54) is 6.07 Å². The summed E-state index contributed by atoms with van der Waals surface area (Å²) in [5.41, 5.74) is 1.07. The highest BCUT2D eigenvalue weighted by molar-refractivity contribution is 9.09. The Morgan fingerprint density at radius 1 is 1.47 bits per heavy atom. The molecule has 17 heavy (non-hydrogen) atoms. The quantitative estimate of drug-likeness (QED) is 0.457. The van der Waals surface area contributed by atoms with Crippen molar-refractivity contribution in [3.05, 3.63) is 33.9 Å². The van der Waals surface area contributed by atoms with Gasteiger partial charge in [0.2, 0.25) is 0 Å². The van der Waals surface area contributed by atoms with Crippen LogP contribution >= 0.6 is 15.9 Å². The summed E-state index contributed by atoms with van der Waals surface area (Å²) >= 11 is 3.55. The van der Waals surface area contributed by atoms with E-state index in [0.29, 0.717) is 17.2 Å². The summed E-state index contributed by atoms with van der Waals surface area (Å²) in [6.45, 7) is 4.33. The van der Waals surface area contributed by atoms with E-state index in [0.717, 1.165) is 18.4 Å². The Labute approximate surface area is 109 Å². The number of nitro benzene ring substituents is 1. The van der Waals surface area contributed by atoms with Crippen molar-refractivity contribution < 1.29 is 9.66 Å². The topological polar surface area (TPSA) is 52.4 Å². The molecule has 1 rings (SSSR count). The number of benzene rings is 1. The van der Waals surface area contributed by atoms with E-state index >= 15 is 0 Å². The van der Waals surface area contributed by atoms with Gasteiger partial charge in [-0.3, -0.25) is 10.1 Å². The first kappa shape index (κ1) is 14.0. The molecule has 0 aromatic heterocycles.